The summed E-state index contributed by atoms with van der Waals surface area (Å²) in [5.41, 5.74) is 3.01. The highest BCUT2D eigenvalue weighted by atomic mass is 35.5. The van der Waals surface area contributed by atoms with Gasteiger partial charge in [0.1, 0.15) is 5.82 Å². The third-order valence-corrected chi connectivity index (χ3v) is 4.23. The summed E-state index contributed by atoms with van der Waals surface area (Å²) in [4.78, 5) is 22.8. The van der Waals surface area contributed by atoms with Crippen molar-refractivity contribution in [2.24, 2.45) is 0 Å². The number of benzene rings is 1. The first-order valence-corrected chi connectivity index (χ1v) is 8.35. The molecule has 0 unspecified atom stereocenters. The van der Waals surface area contributed by atoms with Crippen molar-refractivity contribution in [1.82, 2.24) is 15.4 Å². The van der Waals surface area contributed by atoms with Crippen molar-refractivity contribution in [3.8, 4) is 11.4 Å². The highest BCUT2D eigenvalue weighted by Crippen LogP contribution is 2.24. The van der Waals surface area contributed by atoms with Crippen molar-refractivity contribution in [1.29, 1.82) is 0 Å². The maximum Gasteiger partial charge on any atom is 0.249 e. The zero-order valence-corrected chi connectivity index (χ0v) is 14.0. The molecule has 7 heteroatoms. The van der Waals surface area contributed by atoms with E-state index in [1.54, 1.807) is 17.6 Å². The summed E-state index contributed by atoms with van der Waals surface area (Å²) in [5.74, 6) is 0.831. The van der Waals surface area contributed by atoms with E-state index in [-0.39, 0.29) is 6.42 Å². The van der Waals surface area contributed by atoms with Gasteiger partial charge in [-0.25, -0.2) is 15.4 Å². The number of rotatable bonds is 4. The Morgan fingerprint density at radius 1 is 1.21 bits per heavy atom. The summed E-state index contributed by atoms with van der Waals surface area (Å²) in [7, 11) is 0. The van der Waals surface area contributed by atoms with Crippen LogP contribution in [0.5, 0.6) is 0 Å². The minimum absolute atomic E-state index is 0.00652. The van der Waals surface area contributed by atoms with Gasteiger partial charge in [-0.15, -0.1) is 0 Å². The van der Waals surface area contributed by atoms with Crippen molar-refractivity contribution in [3.05, 3.63) is 41.0 Å². The number of nitrogens with zero attached hydrogens (tertiary/aromatic N) is 3. The fourth-order valence-electron chi connectivity index (χ4n) is 2.82. The summed E-state index contributed by atoms with van der Waals surface area (Å²) in [6.07, 6.45) is 3.47. The Kier molecular flexibility index (Phi) is 5.27. The molecule has 3 rings (SSSR count). The van der Waals surface area contributed by atoms with Gasteiger partial charge in [-0.1, -0.05) is 23.7 Å². The van der Waals surface area contributed by atoms with Crippen LogP contribution in [0.4, 0.5) is 5.82 Å². The maximum absolute atomic E-state index is 11.5. The zero-order valence-electron chi connectivity index (χ0n) is 13.2. The molecule has 0 atom stereocenters. The van der Waals surface area contributed by atoms with Crippen molar-refractivity contribution >= 4 is 23.3 Å². The van der Waals surface area contributed by atoms with Crippen LogP contribution in [-0.4, -0.2) is 34.2 Å². The lowest BCUT2D eigenvalue weighted by molar-refractivity contribution is -0.128. The molecule has 0 aliphatic carbocycles. The maximum atomic E-state index is 11.5. The summed E-state index contributed by atoms with van der Waals surface area (Å²) in [5, 5.41) is 9.37. The number of hydroxylamine groups is 1. The second-order valence-corrected chi connectivity index (χ2v) is 6.25. The van der Waals surface area contributed by atoms with Crippen LogP contribution in [0.3, 0.4) is 0 Å². The van der Waals surface area contributed by atoms with Gasteiger partial charge >= 0.3 is 0 Å². The highest BCUT2D eigenvalue weighted by molar-refractivity contribution is 6.30. The molecule has 1 aliphatic rings. The largest absolute Gasteiger partial charge is 0.356 e. The molecule has 2 heterocycles. The molecular weight excluding hydrogens is 328 g/mol. The number of aromatic nitrogens is 2. The Morgan fingerprint density at radius 2 is 2.00 bits per heavy atom. The molecule has 2 N–H and O–H groups in total. The molecule has 0 saturated carbocycles. The van der Waals surface area contributed by atoms with E-state index in [2.05, 4.69) is 14.9 Å². The summed E-state index contributed by atoms with van der Waals surface area (Å²) in [6.45, 7) is 1.88. The van der Waals surface area contributed by atoms with E-state index in [0.29, 0.717) is 16.5 Å². The van der Waals surface area contributed by atoms with Crippen LogP contribution in [0, 0.1) is 0 Å². The fraction of sp³-hybridized carbons (Fsp3) is 0.353. The van der Waals surface area contributed by atoms with Crippen LogP contribution in [-0.2, 0) is 11.2 Å². The molecule has 1 amide bonds. The summed E-state index contributed by atoms with van der Waals surface area (Å²) < 4.78 is 0. The summed E-state index contributed by atoms with van der Waals surface area (Å²) >= 11 is 6.07. The molecule has 1 aliphatic heterocycles. The first-order chi connectivity index (χ1) is 11.7. The van der Waals surface area contributed by atoms with Gasteiger partial charge in [-0.05, 0) is 31.4 Å². The molecule has 1 aromatic heterocycles. The molecule has 1 saturated heterocycles. The third kappa shape index (κ3) is 4.01. The Balaban J connectivity index is 2.00. The minimum Gasteiger partial charge on any atom is -0.356 e. The van der Waals surface area contributed by atoms with Gasteiger partial charge < -0.3 is 4.90 Å². The Labute approximate surface area is 145 Å². The number of hydrogen-bond acceptors (Lipinski definition) is 5. The molecule has 0 bridgehead atoms. The zero-order chi connectivity index (χ0) is 16.9. The van der Waals surface area contributed by atoms with Gasteiger partial charge in [0.25, 0.3) is 0 Å². The average Bonchev–Trinajstić information content (AvgIpc) is 2.62. The lowest BCUT2D eigenvalue weighted by atomic mass is 10.1. The van der Waals surface area contributed by atoms with E-state index < -0.39 is 5.91 Å². The van der Waals surface area contributed by atoms with Crippen molar-refractivity contribution in [2.75, 3.05) is 18.0 Å². The van der Waals surface area contributed by atoms with Gasteiger partial charge in [0.2, 0.25) is 5.91 Å². The fourth-order valence-corrected chi connectivity index (χ4v) is 3.01. The number of hydrogen-bond donors (Lipinski definition) is 2. The van der Waals surface area contributed by atoms with Gasteiger partial charge in [0.15, 0.2) is 5.82 Å². The monoisotopic (exact) mass is 346 g/mol. The highest BCUT2D eigenvalue weighted by Gasteiger charge is 2.16. The van der Waals surface area contributed by atoms with E-state index in [9.17, 15) is 4.79 Å². The van der Waals surface area contributed by atoms with E-state index >= 15 is 0 Å². The lowest BCUT2D eigenvalue weighted by Crippen LogP contribution is -2.30. The van der Waals surface area contributed by atoms with Gasteiger partial charge in [-0.3, -0.25) is 10.0 Å². The van der Waals surface area contributed by atoms with Crippen molar-refractivity contribution < 1.29 is 10.0 Å². The van der Waals surface area contributed by atoms with Crippen molar-refractivity contribution in [2.45, 2.75) is 25.7 Å². The third-order valence-electron chi connectivity index (χ3n) is 3.99. The van der Waals surface area contributed by atoms with Gasteiger partial charge in [0.05, 0.1) is 12.1 Å². The SMILES string of the molecule is O=C(Cc1cc(N2CCCCC2)nc(-c2cccc(Cl)c2)n1)NO. The van der Waals surface area contributed by atoms with Crippen molar-refractivity contribution in [3.63, 3.8) is 0 Å². The molecule has 1 aromatic carbocycles. The number of carbonyl (C=O) groups excluding carboxylic acids is 1. The van der Waals surface area contributed by atoms with E-state index in [1.807, 2.05) is 18.2 Å². The van der Waals surface area contributed by atoms with Gasteiger partial charge in [-0.2, -0.15) is 0 Å². The molecule has 0 radical (unpaired) electrons. The number of anilines is 1. The second kappa shape index (κ2) is 7.59. The smallest absolute Gasteiger partial charge is 0.249 e. The van der Waals surface area contributed by atoms with E-state index in [4.69, 9.17) is 16.8 Å². The number of halogens is 1. The molecule has 1 fully saturated rings. The number of carbonyl (C=O) groups is 1. The van der Waals surface area contributed by atoms with Crippen LogP contribution in [0.25, 0.3) is 11.4 Å². The molecule has 24 heavy (non-hydrogen) atoms. The second-order valence-electron chi connectivity index (χ2n) is 5.81. The average molecular weight is 347 g/mol. The first kappa shape index (κ1) is 16.7. The van der Waals surface area contributed by atoms with Crippen LogP contribution < -0.4 is 10.4 Å². The van der Waals surface area contributed by atoms with Crippen LogP contribution in [0.2, 0.25) is 5.02 Å². The molecule has 126 valence electrons. The van der Waals surface area contributed by atoms with Crippen LogP contribution >= 0.6 is 11.6 Å². The molecule has 2 aromatic rings. The predicted molar refractivity (Wildman–Crippen MR) is 92.2 cm³/mol. The Bertz CT molecular complexity index is 732. The number of piperidine rings is 1. The van der Waals surface area contributed by atoms with Crippen LogP contribution in [0.1, 0.15) is 25.0 Å². The first-order valence-electron chi connectivity index (χ1n) is 7.97. The van der Waals surface area contributed by atoms with Gasteiger partial charge in [0, 0.05) is 29.7 Å². The minimum atomic E-state index is -0.504. The molecule has 0 spiro atoms. The molecule has 6 nitrogen and oxygen atoms in total. The summed E-state index contributed by atoms with van der Waals surface area (Å²) in [6, 6.07) is 9.13. The lowest BCUT2D eigenvalue weighted by Gasteiger charge is -2.28. The predicted octanol–water partition coefficient (Wildman–Crippen LogP) is 2.84. The van der Waals surface area contributed by atoms with Crippen LogP contribution in [0.15, 0.2) is 30.3 Å². The number of amides is 1. The Hall–Kier alpha value is -2.18. The van der Waals surface area contributed by atoms with E-state index in [1.165, 1.54) is 6.42 Å². The Morgan fingerprint density at radius 3 is 2.71 bits per heavy atom. The van der Waals surface area contributed by atoms with E-state index in [0.717, 1.165) is 37.3 Å². The molecular formula is C17H19ClN4O2. The quantitative estimate of drug-likeness (QED) is 0.657. The standard InChI is InChI=1S/C17H19ClN4O2/c18-13-6-4-5-12(9-13)17-19-14(11-16(23)21-24)10-15(20-17)22-7-2-1-3-8-22/h4-6,9-10,24H,1-3,7-8,11H2,(H,21,23). The normalized spacial score (nSPS) is 14.5. The topological polar surface area (TPSA) is 78.4 Å². The number of nitrogens with one attached hydrogen (secondary N) is 1.